The van der Waals surface area contributed by atoms with Crippen molar-refractivity contribution >= 4 is 23.2 Å². The molecule has 0 radical (unpaired) electrons. The number of carbonyl (C=O) groups is 2. The van der Waals surface area contributed by atoms with Gasteiger partial charge in [0.2, 0.25) is 5.91 Å². The van der Waals surface area contributed by atoms with E-state index in [2.05, 4.69) is 20.6 Å². The summed E-state index contributed by atoms with van der Waals surface area (Å²) in [5.41, 5.74) is 2.30. The monoisotopic (exact) mass is 475 g/mol. The zero-order valence-electron chi connectivity index (χ0n) is 18.2. The first-order valence-electron chi connectivity index (χ1n) is 10.8. The molecule has 2 amide bonds. The van der Waals surface area contributed by atoms with Crippen LogP contribution in [0.15, 0.2) is 72.0 Å². The third kappa shape index (κ3) is 4.45. The van der Waals surface area contributed by atoms with Crippen molar-refractivity contribution < 1.29 is 18.4 Å². The lowest BCUT2D eigenvalue weighted by Gasteiger charge is -2.11. The third-order valence-electron chi connectivity index (χ3n) is 5.84. The van der Waals surface area contributed by atoms with Crippen LogP contribution in [-0.2, 0) is 17.8 Å². The minimum atomic E-state index is -1.01. The lowest BCUT2D eigenvalue weighted by atomic mass is 9.95. The van der Waals surface area contributed by atoms with Gasteiger partial charge in [-0.25, -0.2) is 13.8 Å². The number of anilines is 2. The van der Waals surface area contributed by atoms with Gasteiger partial charge in [-0.2, -0.15) is 0 Å². The van der Waals surface area contributed by atoms with E-state index in [-0.39, 0.29) is 18.0 Å². The number of rotatable bonds is 6. The van der Waals surface area contributed by atoms with Crippen molar-refractivity contribution in [3.63, 3.8) is 0 Å². The lowest BCUT2D eigenvalue weighted by molar-refractivity contribution is -0.117. The van der Waals surface area contributed by atoms with Crippen molar-refractivity contribution in [1.82, 2.24) is 14.5 Å². The second-order valence-corrected chi connectivity index (χ2v) is 8.18. The maximum Gasteiger partial charge on any atom is 0.263 e. The molecule has 35 heavy (non-hydrogen) atoms. The van der Waals surface area contributed by atoms with Crippen LogP contribution < -0.4 is 16.2 Å². The van der Waals surface area contributed by atoms with Gasteiger partial charge in [-0.15, -0.1) is 0 Å². The van der Waals surface area contributed by atoms with Gasteiger partial charge >= 0.3 is 0 Å². The topological polar surface area (TPSA) is 109 Å². The molecular weight excluding hydrogens is 456 g/mol. The predicted molar refractivity (Wildman–Crippen MR) is 124 cm³/mol. The van der Waals surface area contributed by atoms with E-state index in [4.69, 9.17) is 0 Å². The zero-order chi connectivity index (χ0) is 24.5. The summed E-state index contributed by atoms with van der Waals surface area (Å²) in [6.07, 6.45) is 5.08. The number of fused-ring (bicyclic) bond motifs is 1. The summed E-state index contributed by atoms with van der Waals surface area (Å²) in [7, 11) is 0. The minimum Gasteiger partial charge on any atom is -0.348 e. The largest absolute Gasteiger partial charge is 0.348 e. The number of aromatic amines is 1. The highest BCUT2D eigenvalue weighted by molar-refractivity contribution is 6.06. The van der Waals surface area contributed by atoms with Crippen molar-refractivity contribution in [2.75, 3.05) is 10.6 Å². The number of imidazole rings is 1. The Balaban J connectivity index is 1.36. The highest BCUT2D eigenvalue weighted by atomic mass is 19.2. The maximum atomic E-state index is 13.5. The molecule has 10 heteroatoms. The fourth-order valence-corrected chi connectivity index (χ4v) is 4.09. The van der Waals surface area contributed by atoms with Crippen LogP contribution >= 0.6 is 0 Å². The Morgan fingerprint density at radius 2 is 1.94 bits per heavy atom. The second-order valence-electron chi connectivity index (χ2n) is 8.18. The van der Waals surface area contributed by atoms with E-state index < -0.39 is 29.0 Å². The molecule has 1 atom stereocenters. The minimum absolute atomic E-state index is 0.0287. The molecule has 2 aromatic heterocycles. The number of amides is 2. The summed E-state index contributed by atoms with van der Waals surface area (Å²) >= 11 is 0. The Hall–Kier alpha value is -4.60. The molecule has 5 rings (SSSR count). The Bertz CT molecular complexity index is 1500. The standard InChI is InChI=1S/C25H19F2N5O3/c26-20-5-3-14(8-21(20)27)12-32-7-1-2-17(25(32)35)23(33)30-15-4-6-22-18(9-15)19(24(34)31-22)10-16-11-28-13-29-16/h1-9,11,13,19H,10,12H2,(H,28,29)(H,30,33)(H,31,34). The summed E-state index contributed by atoms with van der Waals surface area (Å²) in [5, 5.41) is 5.54. The fourth-order valence-electron chi connectivity index (χ4n) is 4.09. The van der Waals surface area contributed by atoms with Gasteiger partial charge in [0.05, 0.1) is 18.8 Å². The first kappa shape index (κ1) is 22.2. The zero-order valence-corrected chi connectivity index (χ0v) is 18.2. The molecule has 8 nitrogen and oxygen atoms in total. The predicted octanol–water partition coefficient (Wildman–Crippen LogP) is 3.43. The van der Waals surface area contributed by atoms with Crippen LogP contribution in [0, 0.1) is 11.6 Å². The molecule has 4 aromatic rings. The Kier molecular flexibility index (Phi) is 5.69. The normalized spacial score (nSPS) is 14.5. The van der Waals surface area contributed by atoms with E-state index in [9.17, 15) is 23.2 Å². The SMILES string of the molecule is O=C(Nc1ccc2c(c1)C(Cc1cnc[nH]1)C(=O)N2)c1cccn(Cc2ccc(F)c(F)c2)c1=O. The van der Waals surface area contributed by atoms with E-state index in [1.54, 1.807) is 30.7 Å². The lowest BCUT2D eigenvalue weighted by Crippen LogP contribution is -2.29. The maximum absolute atomic E-state index is 13.5. The molecule has 0 aliphatic carbocycles. The number of aromatic nitrogens is 3. The van der Waals surface area contributed by atoms with Crippen LogP contribution in [0.2, 0.25) is 0 Å². The molecule has 2 aromatic carbocycles. The van der Waals surface area contributed by atoms with Crippen molar-refractivity contribution in [2.45, 2.75) is 18.9 Å². The third-order valence-corrected chi connectivity index (χ3v) is 5.84. The molecule has 0 fully saturated rings. The smallest absolute Gasteiger partial charge is 0.263 e. The highest BCUT2D eigenvalue weighted by Crippen LogP contribution is 2.36. The molecule has 1 aliphatic rings. The van der Waals surface area contributed by atoms with Crippen LogP contribution in [0.3, 0.4) is 0 Å². The van der Waals surface area contributed by atoms with Crippen LogP contribution in [-0.4, -0.2) is 26.3 Å². The number of nitrogens with one attached hydrogen (secondary N) is 3. The Morgan fingerprint density at radius 1 is 1.09 bits per heavy atom. The average molecular weight is 475 g/mol. The van der Waals surface area contributed by atoms with Gasteiger partial charge in [-0.1, -0.05) is 6.07 Å². The van der Waals surface area contributed by atoms with Gasteiger partial charge in [0.25, 0.3) is 11.5 Å². The van der Waals surface area contributed by atoms with Crippen molar-refractivity contribution in [2.24, 2.45) is 0 Å². The number of H-pyrrole nitrogens is 1. The summed E-state index contributed by atoms with van der Waals surface area (Å²) in [6, 6.07) is 11.3. The molecule has 3 N–H and O–H groups in total. The van der Waals surface area contributed by atoms with Crippen LogP contribution in [0.25, 0.3) is 0 Å². The average Bonchev–Trinajstić information content (AvgIpc) is 3.46. The van der Waals surface area contributed by atoms with Crippen molar-refractivity contribution in [1.29, 1.82) is 0 Å². The van der Waals surface area contributed by atoms with Crippen LogP contribution in [0.4, 0.5) is 20.2 Å². The number of pyridine rings is 1. The van der Waals surface area contributed by atoms with E-state index in [1.807, 2.05) is 0 Å². The Labute approximate surface area is 197 Å². The fraction of sp³-hybridized carbons (Fsp3) is 0.120. The molecular formula is C25H19F2N5O3. The number of hydrogen-bond donors (Lipinski definition) is 3. The molecule has 0 saturated heterocycles. The first-order chi connectivity index (χ1) is 16.9. The molecule has 0 spiro atoms. The van der Waals surface area contributed by atoms with Crippen LogP contribution in [0.1, 0.15) is 33.1 Å². The number of benzene rings is 2. The number of halogens is 2. The van der Waals surface area contributed by atoms with Gasteiger partial charge in [0.15, 0.2) is 11.6 Å². The summed E-state index contributed by atoms with van der Waals surface area (Å²) in [6.45, 7) is -0.0287. The molecule has 1 aliphatic heterocycles. The molecule has 176 valence electrons. The molecule has 1 unspecified atom stereocenters. The van der Waals surface area contributed by atoms with E-state index >= 15 is 0 Å². The second kappa shape index (κ2) is 8.98. The molecule has 3 heterocycles. The number of hydrogen-bond acceptors (Lipinski definition) is 4. The van der Waals surface area contributed by atoms with Crippen LogP contribution in [0.5, 0.6) is 0 Å². The van der Waals surface area contributed by atoms with Gasteiger partial charge in [-0.3, -0.25) is 14.4 Å². The van der Waals surface area contributed by atoms with Crippen molar-refractivity contribution in [3.8, 4) is 0 Å². The quantitative estimate of drug-likeness (QED) is 0.397. The summed E-state index contributed by atoms with van der Waals surface area (Å²) < 4.78 is 28.0. The number of carbonyl (C=O) groups excluding carboxylic acids is 2. The van der Waals surface area contributed by atoms with Crippen molar-refractivity contribution in [3.05, 3.63) is 112 Å². The van der Waals surface area contributed by atoms with Gasteiger partial charge < -0.3 is 20.2 Å². The van der Waals surface area contributed by atoms with Gasteiger partial charge in [0, 0.05) is 35.9 Å². The van der Waals surface area contributed by atoms with E-state index in [0.29, 0.717) is 23.4 Å². The Morgan fingerprint density at radius 3 is 2.71 bits per heavy atom. The number of nitrogens with zero attached hydrogens (tertiary/aromatic N) is 2. The highest BCUT2D eigenvalue weighted by Gasteiger charge is 2.31. The first-order valence-corrected chi connectivity index (χ1v) is 10.8. The molecule has 0 saturated carbocycles. The molecule has 0 bridgehead atoms. The van der Waals surface area contributed by atoms with E-state index in [1.165, 1.54) is 29.0 Å². The summed E-state index contributed by atoms with van der Waals surface area (Å²) in [4.78, 5) is 45.2. The summed E-state index contributed by atoms with van der Waals surface area (Å²) in [5.74, 6) is -3.22. The van der Waals surface area contributed by atoms with Gasteiger partial charge in [-0.05, 0) is 53.6 Å². The van der Waals surface area contributed by atoms with E-state index in [0.717, 1.165) is 23.4 Å². The van der Waals surface area contributed by atoms with Gasteiger partial charge in [0.1, 0.15) is 5.56 Å².